The van der Waals surface area contributed by atoms with Crippen molar-refractivity contribution in [2.24, 2.45) is 0 Å². The normalized spacial score (nSPS) is 9.81. The van der Waals surface area contributed by atoms with Gasteiger partial charge in [-0.3, -0.25) is 9.59 Å². The molecule has 1 N–H and O–H groups in total. The maximum Gasteiger partial charge on any atom is 0.239 e. The molecule has 0 radical (unpaired) electrons. The number of rotatable bonds is 8. The molecule has 21 heavy (non-hydrogen) atoms. The highest BCUT2D eigenvalue weighted by molar-refractivity contribution is 5.83. The summed E-state index contributed by atoms with van der Waals surface area (Å²) in [5.41, 5.74) is 1.04. The number of nitrogens with zero attached hydrogens (tertiary/aromatic N) is 1. The van der Waals surface area contributed by atoms with Crippen LogP contribution in [0.25, 0.3) is 0 Å². The molecule has 2 amide bonds. The number of carbonyl (C=O) groups is 2. The Labute approximate surface area is 125 Å². The molecule has 0 unspecified atom stereocenters. The van der Waals surface area contributed by atoms with Gasteiger partial charge in [-0.2, -0.15) is 0 Å². The topological polar surface area (TPSA) is 58.6 Å². The van der Waals surface area contributed by atoms with Crippen molar-refractivity contribution in [1.29, 1.82) is 0 Å². The Balaban J connectivity index is 2.42. The number of methoxy groups -OCH3 is 1. The summed E-state index contributed by atoms with van der Waals surface area (Å²) in [5, 5.41) is 2.80. The summed E-state index contributed by atoms with van der Waals surface area (Å²) >= 11 is 0. The van der Waals surface area contributed by atoms with E-state index in [0.717, 1.165) is 11.3 Å². The highest BCUT2D eigenvalue weighted by atomic mass is 16.5. The van der Waals surface area contributed by atoms with Gasteiger partial charge in [-0.1, -0.05) is 24.3 Å². The van der Waals surface area contributed by atoms with E-state index < -0.39 is 0 Å². The lowest BCUT2D eigenvalue weighted by molar-refractivity contribution is -0.133. The number of carbonyl (C=O) groups excluding carboxylic acids is 2. The van der Waals surface area contributed by atoms with Crippen molar-refractivity contribution < 1.29 is 14.3 Å². The van der Waals surface area contributed by atoms with Crippen molar-refractivity contribution in [3.8, 4) is 5.75 Å². The van der Waals surface area contributed by atoms with Gasteiger partial charge in [-0.15, -0.1) is 6.58 Å². The molecule has 5 nitrogen and oxygen atoms in total. The molecule has 0 heterocycles. The molecular weight excluding hydrogens is 268 g/mol. The molecule has 0 saturated heterocycles. The van der Waals surface area contributed by atoms with Crippen molar-refractivity contribution in [2.45, 2.75) is 13.3 Å². The number of ether oxygens (including phenoxy) is 1. The van der Waals surface area contributed by atoms with Crippen LogP contribution in [0.1, 0.15) is 12.5 Å². The van der Waals surface area contributed by atoms with Crippen LogP contribution in [0.15, 0.2) is 36.9 Å². The van der Waals surface area contributed by atoms with Crippen LogP contribution < -0.4 is 10.1 Å². The number of hydrogen-bond acceptors (Lipinski definition) is 3. The standard InChI is InChI=1S/C16H22N2O3/c1-4-11-18(13(2)19)12-16(20)17-10-9-14-7-5-6-8-15(14)21-3/h4-8H,1,9-12H2,2-3H3,(H,17,20). The van der Waals surface area contributed by atoms with Gasteiger partial charge in [0.15, 0.2) is 0 Å². The van der Waals surface area contributed by atoms with E-state index in [9.17, 15) is 9.59 Å². The van der Waals surface area contributed by atoms with Crippen molar-refractivity contribution in [2.75, 3.05) is 26.7 Å². The monoisotopic (exact) mass is 290 g/mol. The highest BCUT2D eigenvalue weighted by Crippen LogP contribution is 2.17. The fourth-order valence-corrected chi connectivity index (χ4v) is 1.94. The van der Waals surface area contributed by atoms with Crippen LogP contribution in [-0.2, 0) is 16.0 Å². The Kier molecular flexibility index (Phi) is 7.01. The van der Waals surface area contributed by atoms with Gasteiger partial charge in [0.2, 0.25) is 11.8 Å². The van der Waals surface area contributed by atoms with Crippen LogP contribution in [0.4, 0.5) is 0 Å². The number of nitrogens with one attached hydrogen (secondary N) is 1. The Morgan fingerprint density at radius 1 is 1.38 bits per heavy atom. The zero-order chi connectivity index (χ0) is 15.7. The van der Waals surface area contributed by atoms with Crippen LogP contribution in [0.2, 0.25) is 0 Å². The van der Waals surface area contributed by atoms with E-state index in [0.29, 0.717) is 19.5 Å². The van der Waals surface area contributed by atoms with Crippen molar-refractivity contribution in [1.82, 2.24) is 10.2 Å². The minimum absolute atomic E-state index is 0.0489. The van der Waals surface area contributed by atoms with Gasteiger partial charge in [-0.05, 0) is 18.1 Å². The summed E-state index contributed by atoms with van der Waals surface area (Å²) in [6.45, 7) is 5.93. The average molecular weight is 290 g/mol. The van der Waals surface area contributed by atoms with Gasteiger partial charge in [0.05, 0.1) is 13.7 Å². The van der Waals surface area contributed by atoms with Crippen LogP contribution in [-0.4, -0.2) is 43.5 Å². The second kappa shape index (κ2) is 8.79. The molecule has 0 fully saturated rings. The van der Waals surface area contributed by atoms with Gasteiger partial charge in [0, 0.05) is 20.0 Å². The fraction of sp³-hybridized carbons (Fsp3) is 0.375. The molecule has 1 aromatic rings. The van der Waals surface area contributed by atoms with Crippen molar-refractivity contribution in [3.63, 3.8) is 0 Å². The summed E-state index contributed by atoms with van der Waals surface area (Å²) in [5.74, 6) is 0.487. The van der Waals surface area contributed by atoms with Crippen molar-refractivity contribution >= 4 is 11.8 Å². The third-order valence-corrected chi connectivity index (χ3v) is 3.04. The fourth-order valence-electron chi connectivity index (χ4n) is 1.94. The van der Waals surface area contributed by atoms with Crippen LogP contribution in [0.5, 0.6) is 5.75 Å². The van der Waals surface area contributed by atoms with Crippen LogP contribution in [0, 0.1) is 0 Å². The summed E-state index contributed by atoms with van der Waals surface area (Å²) in [4.78, 5) is 24.6. The maximum atomic E-state index is 11.8. The van der Waals surface area contributed by atoms with Gasteiger partial charge < -0.3 is 15.0 Å². The zero-order valence-electron chi connectivity index (χ0n) is 12.6. The molecule has 114 valence electrons. The first-order chi connectivity index (χ1) is 10.1. The third kappa shape index (κ3) is 5.69. The van der Waals surface area contributed by atoms with E-state index in [1.54, 1.807) is 13.2 Å². The largest absolute Gasteiger partial charge is 0.496 e. The minimum atomic E-state index is -0.179. The lowest BCUT2D eigenvalue weighted by Crippen LogP contribution is -2.40. The quantitative estimate of drug-likeness (QED) is 0.736. The molecule has 1 rings (SSSR count). The molecule has 0 aliphatic rings. The molecule has 0 spiro atoms. The first-order valence-corrected chi connectivity index (χ1v) is 6.83. The predicted octanol–water partition coefficient (Wildman–Crippen LogP) is 1.39. The average Bonchev–Trinajstić information content (AvgIpc) is 2.47. The molecule has 1 aromatic carbocycles. The van der Waals surface area contributed by atoms with E-state index in [4.69, 9.17) is 4.74 Å². The predicted molar refractivity (Wildman–Crippen MR) is 82.2 cm³/mol. The first-order valence-electron chi connectivity index (χ1n) is 6.83. The molecule has 0 aromatic heterocycles. The van der Waals surface area contributed by atoms with Crippen molar-refractivity contribution in [3.05, 3.63) is 42.5 Å². The maximum absolute atomic E-state index is 11.8. The van der Waals surface area contributed by atoms with E-state index in [2.05, 4.69) is 11.9 Å². The van der Waals surface area contributed by atoms with Crippen LogP contribution >= 0.6 is 0 Å². The summed E-state index contributed by atoms with van der Waals surface area (Å²) in [6, 6.07) is 7.69. The molecule has 0 aliphatic carbocycles. The molecule has 0 aliphatic heterocycles. The van der Waals surface area contributed by atoms with Gasteiger partial charge >= 0.3 is 0 Å². The Bertz CT molecular complexity index is 500. The molecule has 0 saturated carbocycles. The Morgan fingerprint density at radius 2 is 2.10 bits per heavy atom. The minimum Gasteiger partial charge on any atom is -0.496 e. The van der Waals surface area contributed by atoms with Gasteiger partial charge in [0.25, 0.3) is 0 Å². The number of para-hydroxylation sites is 1. The third-order valence-electron chi connectivity index (χ3n) is 3.04. The smallest absolute Gasteiger partial charge is 0.239 e. The van der Waals surface area contributed by atoms with E-state index in [1.165, 1.54) is 11.8 Å². The first kappa shape index (κ1) is 16.8. The number of amides is 2. The summed E-state index contributed by atoms with van der Waals surface area (Å²) in [7, 11) is 1.62. The second-order valence-corrected chi connectivity index (χ2v) is 4.60. The van der Waals surface area contributed by atoms with Gasteiger partial charge in [-0.25, -0.2) is 0 Å². The number of hydrogen-bond donors (Lipinski definition) is 1. The van der Waals surface area contributed by atoms with E-state index in [1.807, 2.05) is 24.3 Å². The molecule has 5 heteroatoms. The lowest BCUT2D eigenvalue weighted by atomic mass is 10.1. The summed E-state index contributed by atoms with van der Waals surface area (Å²) in [6.07, 6.45) is 2.28. The SMILES string of the molecule is C=CCN(CC(=O)NCCc1ccccc1OC)C(C)=O. The van der Waals surface area contributed by atoms with Gasteiger partial charge in [0.1, 0.15) is 5.75 Å². The van der Waals surface area contributed by atoms with E-state index >= 15 is 0 Å². The molecule has 0 bridgehead atoms. The Hall–Kier alpha value is -2.30. The second-order valence-electron chi connectivity index (χ2n) is 4.60. The highest BCUT2D eigenvalue weighted by Gasteiger charge is 2.11. The number of benzene rings is 1. The Morgan fingerprint density at radius 3 is 2.71 bits per heavy atom. The molecule has 0 atom stereocenters. The van der Waals surface area contributed by atoms with Crippen LogP contribution in [0.3, 0.4) is 0 Å². The summed E-state index contributed by atoms with van der Waals surface area (Å²) < 4.78 is 5.25. The lowest BCUT2D eigenvalue weighted by Gasteiger charge is -2.18. The van der Waals surface area contributed by atoms with E-state index in [-0.39, 0.29) is 18.4 Å². The molecular formula is C16H22N2O3. The zero-order valence-corrected chi connectivity index (χ0v) is 12.6.